The SMILES string of the molecule is c1ccc2oc(-c3ccncc3[C@@H]3CCCCN3)cc2c1. The molecule has 3 aromatic rings. The second-order valence-electron chi connectivity index (χ2n) is 5.61. The highest BCUT2D eigenvalue weighted by Gasteiger charge is 2.20. The van der Waals surface area contributed by atoms with Crippen LogP contribution in [0, 0.1) is 0 Å². The quantitative estimate of drug-likeness (QED) is 0.759. The van der Waals surface area contributed by atoms with Gasteiger partial charge in [0.2, 0.25) is 0 Å². The number of nitrogens with zero attached hydrogens (tertiary/aromatic N) is 1. The molecule has 3 heterocycles. The molecule has 3 heteroatoms. The van der Waals surface area contributed by atoms with E-state index in [-0.39, 0.29) is 0 Å². The van der Waals surface area contributed by atoms with Gasteiger partial charge in [0.1, 0.15) is 11.3 Å². The van der Waals surface area contributed by atoms with Gasteiger partial charge in [-0.05, 0) is 43.1 Å². The lowest BCUT2D eigenvalue weighted by atomic mass is 9.94. The normalized spacial score (nSPS) is 19.0. The molecular formula is C18H18N2O. The number of hydrogen-bond acceptors (Lipinski definition) is 3. The van der Waals surface area contributed by atoms with Gasteiger partial charge in [0, 0.05) is 29.4 Å². The van der Waals surface area contributed by atoms with E-state index in [1.165, 1.54) is 24.8 Å². The maximum atomic E-state index is 6.03. The molecule has 0 unspecified atom stereocenters. The monoisotopic (exact) mass is 278 g/mol. The van der Waals surface area contributed by atoms with Crippen molar-refractivity contribution in [3.8, 4) is 11.3 Å². The van der Waals surface area contributed by atoms with Crippen molar-refractivity contribution in [1.29, 1.82) is 0 Å². The third-order valence-electron chi connectivity index (χ3n) is 4.23. The smallest absolute Gasteiger partial charge is 0.135 e. The first kappa shape index (κ1) is 12.6. The molecule has 3 nitrogen and oxygen atoms in total. The Bertz CT molecular complexity index is 724. The molecule has 1 N–H and O–H groups in total. The largest absolute Gasteiger partial charge is 0.456 e. The molecule has 0 radical (unpaired) electrons. The number of aromatic nitrogens is 1. The molecule has 0 spiro atoms. The summed E-state index contributed by atoms with van der Waals surface area (Å²) in [6, 6.07) is 12.7. The zero-order valence-electron chi connectivity index (χ0n) is 11.9. The minimum Gasteiger partial charge on any atom is -0.456 e. The summed E-state index contributed by atoms with van der Waals surface area (Å²) >= 11 is 0. The summed E-state index contributed by atoms with van der Waals surface area (Å²) < 4.78 is 6.03. The lowest BCUT2D eigenvalue weighted by Gasteiger charge is -2.25. The van der Waals surface area contributed by atoms with E-state index in [4.69, 9.17) is 4.42 Å². The minimum atomic E-state index is 0.385. The highest BCUT2D eigenvalue weighted by Crippen LogP contribution is 2.34. The third-order valence-corrected chi connectivity index (χ3v) is 4.23. The summed E-state index contributed by atoms with van der Waals surface area (Å²) in [7, 11) is 0. The Morgan fingerprint density at radius 1 is 1.14 bits per heavy atom. The van der Waals surface area contributed by atoms with Crippen LogP contribution in [0.4, 0.5) is 0 Å². The van der Waals surface area contributed by atoms with Gasteiger partial charge >= 0.3 is 0 Å². The van der Waals surface area contributed by atoms with Gasteiger partial charge < -0.3 is 9.73 Å². The van der Waals surface area contributed by atoms with Crippen LogP contribution < -0.4 is 5.32 Å². The first-order valence-corrected chi connectivity index (χ1v) is 7.58. The van der Waals surface area contributed by atoms with Crippen LogP contribution >= 0.6 is 0 Å². The van der Waals surface area contributed by atoms with E-state index in [0.29, 0.717) is 6.04 Å². The van der Waals surface area contributed by atoms with E-state index in [1.54, 1.807) is 0 Å². The van der Waals surface area contributed by atoms with E-state index in [2.05, 4.69) is 28.5 Å². The third kappa shape index (κ3) is 2.34. The average molecular weight is 278 g/mol. The van der Waals surface area contributed by atoms with Gasteiger partial charge in [-0.15, -0.1) is 0 Å². The molecule has 1 aliphatic heterocycles. The number of piperidine rings is 1. The average Bonchev–Trinajstić information content (AvgIpc) is 2.99. The molecule has 2 aromatic heterocycles. The molecular weight excluding hydrogens is 260 g/mol. The van der Waals surface area contributed by atoms with Gasteiger partial charge in [-0.2, -0.15) is 0 Å². The summed E-state index contributed by atoms with van der Waals surface area (Å²) in [5.41, 5.74) is 3.34. The molecule has 106 valence electrons. The van der Waals surface area contributed by atoms with E-state index < -0.39 is 0 Å². The molecule has 1 saturated heterocycles. The van der Waals surface area contributed by atoms with Crippen LogP contribution in [0.2, 0.25) is 0 Å². The summed E-state index contributed by atoms with van der Waals surface area (Å²) in [6.07, 6.45) is 7.52. The van der Waals surface area contributed by atoms with Crippen LogP contribution in [0.25, 0.3) is 22.3 Å². The Labute approximate surface area is 124 Å². The predicted octanol–water partition coefficient (Wildman–Crippen LogP) is 4.31. The van der Waals surface area contributed by atoms with E-state index in [0.717, 1.165) is 28.8 Å². The van der Waals surface area contributed by atoms with Crippen molar-refractivity contribution in [2.45, 2.75) is 25.3 Å². The molecule has 0 amide bonds. The predicted molar refractivity (Wildman–Crippen MR) is 84.0 cm³/mol. The van der Waals surface area contributed by atoms with Crippen LogP contribution in [-0.2, 0) is 0 Å². The second-order valence-corrected chi connectivity index (χ2v) is 5.61. The number of pyridine rings is 1. The van der Waals surface area contributed by atoms with Crippen LogP contribution in [-0.4, -0.2) is 11.5 Å². The summed E-state index contributed by atoms with van der Waals surface area (Å²) in [5, 5.41) is 4.74. The van der Waals surface area contributed by atoms with Gasteiger partial charge in [0.15, 0.2) is 0 Å². The minimum absolute atomic E-state index is 0.385. The summed E-state index contributed by atoms with van der Waals surface area (Å²) in [6.45, 7) is 1.08. The van der Waals surface area contributed by atoms with Gasteiger partial charge in [-0.1, -0.05) is 24.6 Å². The van der Waals surface area contributed by atoms with Crippen LogP contribution in [0.5, 0.6) is 0 Å². The standard InChI is InChI=1S/C18H18N2O/c1-2-7-17-13(5-1)11-18(21-17)14-8-10-19-12-15(14)16-6-3-4-9-20-16/h1-2,5,7-8,10-12,16,20H,3-4,6,9H2/t16-/m0/s1. The number of para-hydroxylation sites is 1. The Kier molecular flexibility index (Phi) is 3.20. The molecule has 0 bridgehead atoms. The van der Waals surface area contributed by atoms with E-state index in [9.17, 15) is 0 Å². The lowest BCUT2D eigenvalue weighted by molar-refractivity contribution is 0.411. The topological polar surface area (TPSA) is 38.1 Å². The van der Waals surface area contributed by atoms with Crippen molar-refractivity contribution >= 4 is 11.0 Å². The zero-order chi connectivity index (χ0) is 14.1. The molecule has 1 fully saturated rings. The number of furan rings is 1. The maximum Gasteiger partial charge on any atom is 0.135 e. The maximum absolute atomic E-state index is 6.03. The molecule has 1 aliphatic rings. The van der Waals surface area contributed by atoms with Gasteiger partial charge in [0.05, 0.1) is 0 Å². The van der Waals surface area contributed by atoms with Crippen molar-refractivity contribution in [1.82, 2.24) is 10.3 Å². The van der Waals surface area contributed by atoms with Gasteiger partial charge in [-0.3, -0.25) is 4.98 Å². The van der Waals surface area contributed by atoms with Gasteiger partial charge in [0.25, 0.3) is 0 Å². The number of rotatable bonds is 2. The Hall–Kier alpha value is -2.13. The fourth-order valence-electron chi connectivity index (χ4n) is 3.14. The van der Waals surface area contributed by atoms with E-state index >= 15 is 0 Å². The number of benzene rings is 1. The molecule has 0 aliphatic carbocycles. The number of fused-ring (bicyclic) bond motifs is 1. The second kappa shape index (κ2) is 5.34. The first-order valence-electron chi connectivity index (χ1n) is 7.58. The van der Waals surface area contributed by atoms with Crippen LogP contribution in [0.15, 0.2) is 53.2 Å². The Morgan fingerprint density at radius 3 is 2.95 bits per heavy atom. The molecule has 0 saturated carbocycles. The summed E-state index contributed by atoms with van der Waals surface area (Å²) in [4.78, 5) is 4.32. The Morgan fingerprint density at radius 2 is 2.10 bits per heavy atom. The number of nitrogens with one attached hydrogen (secondary N) is 1. The highest BCUT2D eigenvalue weighted by atomic mass is 16.3. The van der Waals surface area contributed by atoms with Crippen molar-refractivity contribution in [2.24, 2.45) is 0 Å². The van der Waals surface area contributed by atoms with Crippen molar-refractivity contribution in [2.75, 3.05) is 6.54 Å². The molecule has 1 atom stereocenters. The fourth-order valence-corrected chi connectivity index (χ4v) is 3.14. The summed E-state index contributed by atoms with van der Waals surface area (Å²) in [5.74, 6) is 0.931. The molecule has 1 aromatic carbocycles. The zero-order valence-corrected chi connectivity index (χ0v) is 11.9. The van der Waals surface area contributed by atoms with Crippen LogP contribution in [0.3, 0.4) is 0 Å². The highest BCUT2D eigenvalue weighted by molar-refractivity contribution is 5.83. The number of hydrogen-bond donors (Lipinski definition) is 1. The van der Waals surface area contributed by atoms with Crippen LogP contribution in [0.1, 0.15) is 30.9 Å². The van der Waals surface area contributed by atoms with Crippen molar-refractivity contribution < 1.29 is 4.42 Å². The van der Waals surface area contributed by atoms with Crippen molar-refractivity contribution in [3.63, 3.8) is 0 Å². The first-order chi connectivity index (χ1) is 10.4. The van der Waals surface area contributed by atoms with E-state index in [1.807, 2.05) is 30.6 Å². The molecule has 4 rings (SSSR count). The Balaban J connectivity index is 1.80. The molecule has 21 heavy (non-hydrogen) atoms. The van der Waals surface area contributed by atoms with Crippen molar-refractivity contribution in [3.05, 3.63) is 54.4 Å². The fraction of sp³-hybridized carbons (Fsp3) is 0.278. The lowest BCUT2D eigenvalue weighted by Crippen LogP contribution is -2.27. The van der Waals surface area contributed by atoms with Gasteiger partial charge in [-0.25, -0.2) is 0 Å².